The van der Waals surface area contributed by atoms with Crippen molar-refractivity contribution in [2.45, 2.75) is 20.4 Å². The molecule has 0 saturated heterocycles. The number of rotatable bonds is 1. The Labute approximate surface area is 87.9 Å². The molecule has 78 valence electrons. The molecule has 0 saturated carbocycles. The number of aromatic nitrogens is 1. The van der Waals surface area contributed by atoms with Crippen LogP contribution in [-0.4, -0.2) is 4.98 Å². The maximum Gasteiger partial charge on any atom is 0.123 e. The normalized spacial score (nSPS) is 10.9. The van der Waals surface area contributed by atoms with Crippen molar-refractivity contribution in [1.82, 2.24) is 4.98 Å². The first kappa shape index (κ1) is 10.1. The van der Waals surface area contributed by atoms with Crippen LogP contribution < -0.4 is 5.73 Å². The molecule has 0 bridgehead atoms. The minimum atomic E-state index is -0.248. The lowest BCUT2D eigenvalue weighted by Crippen LogP contribution is -2.04. The van der Waals surface area contributed by atoms with Crippen LogP contribution in [-0.2, 0) is 6.54 Å². The van der Waals surface area contributed by atoms with E-state index in [2.05, 4.69) is 4.98 Å². The molecule has 0 aliphatic rings. The Bertz CT molecular complexity index is 521. The number of benzene rings is 1. The topological polar surface area (TPSA) is 38.9 Å². The van der Waals surface area contributed by atoms with Gasteiger partial charge in [-0.2, -0.15) is 0 Å². The van der Waals surface area contributed by atoms with Gasteiger partial charge in [-0.1, -0.05) is 0 Å². The number of aryl methyl sites for hydroxylation is 1. The molecule has 0 amide bonds. The van der Waals surface area contributed by atoms with E-state index in [0.717, 1.165) is 27.7 Å². The molecular formula is C12H13FN2. The third-order valence-electron chi connectivity index (χ3n) is 2.77. The molecule has 0 aliphatic heterocycles. The molecule has 15 heavy (non-hydrogen) atoms. The average Bonchev–Trinajstić information content (AvgIpc) is 2.21. The number of nitrogens with two attached hydrogens (primary N) is 1. The van der Waals surface area contributed by atoms with Gasteiger partial charge in [0.25, 0.3) is 0 Å². The van der Waals surface area contributed by atoms with Gasteiger partial charge in [-0.25, -0.2) is 4.39 Å². The van der Waals surface area contributed by atoms with Gasteiger partial charge in [0, 0.05) is 17.6 Å². The third kappa shape index (κ3) is 1.59. The molecule has 1 heterocycles. The first-order chi connectivity index (χ1) is 7.13. The maximum atomic E-state index is 13.1. The molecule has 2 rings (SSSR count). The van der Waals surface area contributed by atoms with Gasteiger partial charge in [0.15, 0.2) is 0 Å². The summed E-state index contributed by atoms with van der Waals surface area (Å²) in [5.74, 6) is -0.248. The highest BCUT2D eigenvalue weighted by atomic mass is 19.1. The van der Waals surface area contributed by atoms with Crippen LogP contribution in [0.15, 0.2) is 18.2 Å². The van der Waals surface area contributed by atoms with E-state index < -0.39 is 0 Å². The zero-order valence-corrected chi connectivity index (χ0v) is 8.84. The summed E-state index contributed by atoms with van der Waals surface area (Å²) in [5.41, 5.74) is 9.48. The highest BCUT2D eigenvalue weighted by Crippen LogP contribution is 2.23. The van der Waals surface area contributed by atoms with Gasteiger partial charge in [0.2, 0.25) is 0 Å². The quantitative estimate of drug-likeness (QED) is 0.774. The molecule has 2 N–H and O–H groups in total. The van der Waals surface area contributed by atoms with E-state index in [4.69, 9.17) is 5.73 Å². The molecule has 0 atom stereocenters. The fraction of sp³-hybridized carbons (Fsp3) is 0.250. The van der Waals surface area contributed by atoms with Crippen LogP contribution in [0.1, 0.15) is 16.8 Å². The van der Waals surface area contributed by atoms with E-state index in [1.807, 2.05) is 13.8 Å². The Morgan fingerprint density at radius 3 is 2.73 bits per heavy atom. The van der Waals surface area contributed by atoms with Crippen molar-refractivity contribution in [1.29, 1.82) is 0 Å². The van der Waals surface area contributed by atoms with Crippen molar-refractivity contribution in [2.24, 2.45) is 5.73 Å². The van der Waals surface area contributed by atoms with E-state index in [-0.39, 0.29) is 5.82 Å². The number of nitrogens with zero attached hydrogens (tertiary/aromatic N) is 1. The zero-order chi connectivity index (χ0) is 11.0. The number of pyridine rings is 1. The highest BCUT2D eigenvalue weighted by molar-refractivity contribution is 5.83. The van der Waals surface area contributed by atoms with Crippen LogP contribution in [0.2, 0.25) is 0 Å². The lowest BCUT2D eigenvalue weighted by molar-refractivity contribution is 0.629. The predicted octanol–water partition coefficient (Wildman–Crippen LogP) is 2.45. The van der Waals surface area contributed by atoms with Crippen molar-refractivity contribution in [2.75, 3.05) is 0 Å². The fourth-order valence-electron chi connectivity index (χ4n) is 1.80. The van der Waals surface area contributed by atoms with Crippen LogP contribution in [0.3, 0.4) is 0 Å². The second-order valence-corrected chi connectivity index (χ2v) is 3.67. The predicted molar refractivity (Wildman–Crippen MR) is 59.1 cm³/mol. The SMILES string of the molecule is Cc1nc2ccc(F)cc2c(CN)c1C. The molecular weight excluding hydrogens is 191 g/mol. The molecule has 0 radical (unpaired) electrons. The van der Waals surface area contributed by atoms with Crippen LogP contribution in [0.5, 0.6) is 0 Å². The maximum absolute atomic E-state index is 13.1. The molecule has 0 aliphatic carbocycles. The number of hydrogen-bond acceptors (Lipinski definition) is 2. The van der Waals surface area contributed by atoms with Crippen LogP contribution in [0.4, 0.5) is 4.39 Å². The van der Waals surface area contributed by atoms with Crippen molar-refractivity contribution >= 4 is 10.9 Å². The average molecular weight is 204 g/mol. The Kier molecular flexibility index (Phi) is 2.40. The lowest BCUT2D eigenvalue weighted by atomic mass is 10.0. The number of hydrogen-bond donors (Lipinski definition) is 1. The van der Waals surface area contributed by atoms with Gasteiger partial charge in [0.1, 0.15) is 5.82 Å². The minimum Gasteiger partial charge on any atom is -0.326 e. The highest BCUT2D eigenvalue weighted by Gasteiger charge is 2.08. The summed E-state index contributed by atoms with van der Waals surface area (Å²) in [5, 5.41) is 0.820. The van der Waals surface area contributed by atoms with Crippen LogP contribution in [0, 0.1) is 19.7 Å². The van der Waals surface area contributed by atoms with Crippen LogP contribution in [0.25, 0.3) is 10.9 Å². The molecule has 0 spiro atoms. The van der Waals surface area contributed by atoms with Gasteiger partial charge < -0.3 is 5.73 Å². The van der Waals surface area contributed by atoms with Crippen LogP contribution >= 0.6 is 0 Å². The van der Waals surface area contributed by atoms with E-state index in [1.54, 1.807) is 6.07 Å². The summed E-state index contributed by atoms with van der Waals surface area (Å²) in [7, 11) is 0. The Hall–Kier alpha value is -1.48. The first-order valence-electron chi connectivity index (χ1n) is 4.89. The van der Waals surface area contributed by atoms with Gasteiger partial charge in [-0.15, -0.1) is 0 Å². The second kappa shape index (κ2) is 3.59. The smallest absolute Gasteiger partial charge is 0.123 e. The molecule has 0 unspecified atom stereocenters. The monoisotopic (exact) mass is 204 g/mol. The second-order valence-electron chi connectivity index (χ2n) is 3.67. The van der Waals surface area contributed by atoms with Gasteiger partial charge >= 0.3 is 0 Å². The molecule has 1 aromatic heterocycles. The summed E-state index contributed by atoms with van der Waals surface area (Å²) in [4.78, 5) is 4.40. The molecule has 0 fully saturated rings. The first-order valence-corrected chi connectivity index (χ1v) is 4.89. The molecule has 1 aromatic carbocycles. The van der Waals surface area contributed by atoms with E-state index >= 15 is 0 Å². The third-order valence-corrected chi connectivity index (χ3v) is 2.77. The molecule has 2 aromatic rings. The molecule has 2 nitrogen and oxygen atoms in total. The Morgan fingerprint density at radius 2 is 2.07 bits per heavy atom. The standard InChI is InChI=1S/C12H13FN2/c1-7-8(2)15-12-4-3-9(13)5-10(12)11(7)6-14/h3-5H,6,14H2,1-2H3. The van der Waals surface area contributed by atoms with Crippen molar-refractivity contribution < 1.29 is 4.39 Å². The van der Waals surface area contributed by atoms with Gasteiger partial charge in [-0.05, 0) is 43.2 Å². The largest absolute Gasteiger partial charge is 0.326 e. The van der Waals surface area contributed by atoms with E-state index in [0.29, 0.717) is 6.54 Å². The number of halogens is 1. The fourth-order valence-corrected chi connectivity index (χ4v) is 1.80. The molecule has 3 heteroatoms. The van der Waals surface area contributed by atoms with Crippen molar-refractivity contribution in [3.8, 4) is 0 Å². The summed E-state index contributed by atoms with van der Waals surface area (Å²) >= 11 is 0. The zero-order valence-electron chi connectivity index (χ0n) is 8.84. The Balaban J connectivity index is 2.89. The minimum absolute atomic E-state index is 0.248. The lowest BCUT2D eigenvalue weighted by Gasteiger charge is -2.10. The van der Waals surface area contributed by atoms with Crippen molar-refractivity contribution in [3.63, 3.8) is 0 Å². The summed E-state index contributed by atoms with van der Waals surface area (Å²) in [6.07, 6.45) is 0. The summed E-state index contributed by atoms with van der Waals surface area (Å²) < 4.78 is 13.1. The Morgan fingerprint density at radius 1 is 1.33 bits per heavy atom. The van der Waals surface area contributed by atoms with Crippen molar-refractivity contribution in [3.05, 3.63) is 40.8 Å². The van der Waals surface area contributed by atoms with E-state index in [1.165, 1.54) is 12.1 Å². The van der Waals surface area contributed by atoms with E-state index in [9.17, 15) is 4.39 Å². The summed E-state index contributed by atoms with van der Waals surface area (Å²) in [6.45, 7) is 4.32. The van der Waals surface area contributed by atoms with Gasteiger partial charge in [-0.3, -0.25) is 4.98 Å². The number of fused-ring (bicyclic) bond motifs is 1. The summed E-state index contributed by atoms with van der Waals surface area (Å²) in [6, 6.07) is 4.61. The van der Waals surface area contributed by atoms with Gasteiger partial charge in [0.05, 0.1) is 5.52 Å².